The fourth-order valence-electron chi connectivity index (χ4n) is 2.22. The van der Waals surface area contributed by atoms with Gasteiger partial charge in [0.1, 0.15) is 5.82 Å². The number of rotatable bonds is 3. The number of likely N-dealkylation sites (N-methyl/N-ethyl adjacent to an activating group) is 1. The lowest BCUT2D eigenvalue weighted by atomic mass is 10.2. The Kier molecular flexibility index (Phi) is 3.31. The van der Waals surface area contributed by atoms with E-state index in [-0.39, 0.29) is 5.69 Å². The average molecular weight is 281 g/mol. The second kappa shape index (κ2) is 5.28. The SMILES string of the molecule is CN1C=CC(n2cc(C(=O)O)nc2-c2ccccc2)=CC1. The number of hydrogen-bond donors (Lipinski definition) is 1. The lowest BCUT2D eigenvalue weighted by Crippen LogP contribution is -2.15. The van der Waals surface area contributed by atoms with Crippen molar-refractivity contribution in [3.63, 3.8) is 0 Å². The molecule has 0 bridgehead atoms. The maximum absolute atomic E-state index is 11.2. The van der Waals surface area contributed by atoms with Gasteiger partial charge < -0.3 is 10.0 Å². The first-order chi connectivity index (χ1) is 10.1. The first-order valence-corrected chi connectivity index (χ1v) is 6.62. The molecule has 0 saturated carbocycles. The summed E-state index contributed by atoms with van der Waals surface area (Å²) < 4.78 is 1.82. The number of benzene rings is 1. The van der Waals surface area contributed by atoms with Crippen LogP contribution in [-0.4, -0.2) is 39.1 Å². The van der Waals surface area contributed by atoms with Gasteiger partial charge in [-0.3, -0.25) is 4.57 Å². The summed E-state index contributed by atoms with van der Waals surface area (Å²) in [5, 5.41) is 9.19. The smallest absolute Gasteiger partial charge is 0.356 e. The molecule has 1 aromatic carbocycles. The van der Waals surface area contributed by atoms with E-state index in [0.29, 0.717) is 5.82 Å². The minimum absolute atomic E-state index is 0.0436. The van der Waals surface area contributed by atoms with Gasteiger partial charge in [0.05, 0.1) is 0 Å². The molecule has 3 rings (SSSR count). The molecule has 0 spiro atoms. The minimum Gasteiger partial charge on any atom is -0.476 e. The highest BCUT2D eigenvalue weighted by Crippen LogP contribution is 2.24. The van der Waals surface area contributed by atoms with Gasteiger partial charge in [-0.15, -0.1) is 0 Å². The summed E-state index contributed by atoms with van der Waals surface area (Å²) in [7, 11) is 1.98. The molecule has 0 aliphatic carbocycles. The van der Waals surface area contributed by atoms with Gasteiger partial charge in [-0.2, -0.15) is 0 Å². The lowest BCUT2D eigenvalue weighted by molar-refractivity contribution is 0.0691. The number of allylic oxidation sites excluding steroid dienone is 2. The number of imidazole rings is 1. The van der Waals surface area contributed by atoms with Gasteiger partial charge in [-0.1, -0.05) is 30.3 Å². The van der Waals surface area contributed by atoms with Crippen molar-refractivity contribution in [3.05, 3.63) is 60.6 Å². The predicted octanol–water partition coefficient (Wildman–Crippen LogP) is 2.55. The van der Waals surface area contributed by atoms with Crippen LogP contribution in [0.2, 0.25) is 0 Å². The van der Waals surface area contributed by atoms with Crippen molar-refractivity contribution in [2.45, 2.75) is 0 Å². The summed E-state index contributed by atoms with van der Waals surface area (Å²) >= 11 is 0. The first-order valence-electron chi connectivity index (χ1n) is 6.62. The molecule has 1 aromatic heterocycles. The van der Waals surface area contributed by atoms with Gasteiger partial charge in [0, 0.05) is 37.2 Å². The molecule has 2 aromatic rings. The molecule has 0 amide bonds. The highest BCUT2D eigenvalue weighted by Gasteiger charge is 2.16. The fraction of sp³-hybridized carbons (Fsp3) is 0.125. The van der Waals surface area contributed by atoms with E-state index >= 15 is 0 Å². The Hall–Kier alpha value is -2.82. The molecule has 0 unspecified atom stereocenters. The van der Waals surface area contributed by atoms with E-state index in [1.165, 1.54) is 0 Å². The van der Waals surface area contributed by atoms with Crippen molar-refractivity contribution in [3.8, 4) is 11.4 Å². The molecule has 21 heavy (non-hydrogen) atoms. The monoisotopic (exact) mass is 281 g/mol. The summed E-state index contributed by atoms with van der Waals surface area (Å²) in [6.07, 6.45) is 7.51. The van der Waals surface area contributed by atoms with Crippen molar-refractivity contribution >= 4 is 11.7 Å². The molecule has 0 radical (unpaired) electrons. The molecular formula is C16H15N3O2. The Morgan fingerprint density at radius 2 is 2.05 bits per heavy atom. The topological polar surface area (TPSA) is 58.4 Å². The second-order valence-electron chi connectivity index (χ2n) is 4.88. The molecule has 0 saturated heterocycles. The molecular weight excluding hydrogens is 266 g/mol. The van der Waals surface area contributed by atoms with Crippen molar-refractivity contribution in [1.29, 1.82) is 0 Å². The number of aromatic carboxylic acids is 1. The third-order valence-corrected chi connectivity index (χ3v) is 3.32. The fourth-order valence-corrected chi connectivity index (χ4v) is 2.22. The maximum atomic E-state index is 11.2. The van der Waals surface area contributed by atoms with Crippen LogP contribution in [0.4, 0.5) is 0 Å². The lowest BCUT2D eigenvalue weighted by Gasteiger charge is -2.18. The van der Waals surface area contributed by atoms with Crippen molar-refractivity contribution in [2.24, 2.45) is 0 Å². The largest absolute Gasteiger partial charge is 0.476 e. The summed E-state index contributed by atoms with van der Waals surface area (Å²) in [6.45, 7) is 0.778. The van der Waals surface area contributed by atoms with Crippen LogP contribution in [-0.2, 0) is 0 Å². The molecule has 106 valence electrons. The Labute approximate surface area is 122 Å². The Morgan fingerprint density at radius 1 is 1.29 bits per heavy atom. The number of carboxylic acid groups (broad SMARTS) is 1. The van der Waals surface area contributed by atoms with E-state index in [9.17, 15) is 9.90 Å². The van der Waals surface area contributed by atoms with E-state index < -0.39 is 5.97 Å². The van der Waals surface area contributed by atoms with Crippen LogP contribution >= 0.6 is 0 Å². The Bertz CT molecular complexity index is 729. The Morgan fingerprint density at radius 3 is 2.67 bits per heavy atom. The van der Waals surface area contributed by atoms with Gasteiger partial charge in [0.2, 0.25) is 0 Å². The average Bonchev–Trinajstić information content (AvgIpc) is 2.94. The van der Waals surface area contributed by atoms with Crippen molar-refractivity contribution in [1.82, 2.24) is 14.5 Å². The van der Waals surface area contributed by atoms with Gasteiger partial charge >= 0.3 is 5.97 Å². The van der Waals surface area contributed by atoms with Crippen LogP contribution in [0.25, 0.3) is 17.1 Å². The molecule has 1 aliphatic rings. The third-order valence-electron chi connectivity index (χ3n) is 3.32. The number of carboxylic acids is 1. The van der Waals surface area contributed by atoms with E-state index in [1.54, 1.807) is 6.20 Å². The van der Waals surface area contributed by atoms with Crippen LogP contribution in [0.1, 0.15) is 10.5 Å². The van der Waals surface area contributed by atoms with Crippen LogP contribution in [0.5, 0.6) is 0 Å². The number of carbonyl (C=O) groups is 1. The summed E-state index contributed by atoms with van der Waals surface area (Å²) in [5.41, 5.74) is 1.85. The molecule has 0 fully saturated rings. The van der Waals surface area contributed by atoms with E-state index in [1.807, 2.05) is 65.2 Å². The predicted molar refractivity (Wildman–Crippen MR) is 80.7 cm³/mol. The molecule has 2 heterocycles. The standard InChI is InChI=1S/C16H15N3O2/c1-18-9-7-13(8-10-18)19-11-14(16(20)21)17-15(19)12-5-3-2-4-6-12/h2-9,11H,10H2,1H3,(H,20,21). The van der Waals surface area contributed by atoms with Gasteiger partial charge in [-0.05, 0) is 12.2 Å². The molecule has 1 aliphatic heterocycles. The van der Waals surface area contributed by atoms with Crippen LogP contribution < -0.4 is 0 Å². The van der Waals surface area contributed by atoms with E-state index in [4.69, 9.17) is 0 Å². The number of nitrogens with zero attached hydrogens (tertiary/aromatic N) is 3. The third kappa shape index (κ3) is 2.58. The summed E-state index contributed by atoms with van der Waals surface area (Å²) in [5.74, 6) is -0.392. The Balaban J connectivity index is 2.11. The van der Waals surface area contributed by atoms with E-state index in [2.05, 4.69) is 4.98 Å². The highest BCUT2D eigenvalue weighted by molar-refractivity contribution is 5.87. The zero-order chi connectivity index (χ0) is 14.8. The van der Waals surface area contributed by atoms with Crippen LogP contribution in [0.15, 0.2) is 54.9 Å². The van der Waals surface area contributed by atoms with Crippen LogP contribution in [0, 0.1) is 0 Å². The molecule has 5 nitrogen and oxygen atoms in total. The summed E-state index contributed by atoms with van der Waals surface area (Å²) in [6, 6.07) is 9.58. The van der Waals surface area contributed by atoms with Gasteiger partial charge in [0.15, 0.2) is 5.69 Å². The normalized spacial score (nSPS) is 14.1. The van der Waals surface area contributed by atoms with Crippen molar-refractivity contribution < 1.29 is 9.90 Å². The first kappa shape index (κ1) is 13.2. The van der Waals surface area contributed by atoms with Gasteiger partial charge in [-0.25, -0.2) is 9.78 Å². The second-order valence-corrected chi connectivity index (χ2v) is 4.88. The van der Waals surface area contributed by atoms with Crippen LogP contribution in [0.3, 0.4) is 0 Å². The zero-order valence-electron chi connectivity index (χ0n) is 11.6. The molecule has 1 N–H and O–H groups in total. The quantitative estimate of drug-likeness (QED) is 0.939. The molecule has 0 atom stereocenters. The molecule has 5 heteroatoms. The van der Waals surface area contributed by atoms with Gasteiger partial charge in [0.25, 0.3) is 0 Å². The number of hydrogen-bond acceptors (Lipinski definition) is 3. The maximum Gasteiger partial charge on any atom is 0.356 e. The zero-order valence-corrected chi connectivity index (χ0v) is 11.6. The van der Waals surface area contributed by atoms with Crippen molar-refractivity contribution in [2.75, 3.05) is 13.6 Å². The van der Waals surface area contributed by atoms with E-state index in [0.717, 1.165) is 17.8 Å². The highest BCUT2D eigenvalue weighted by atomic mass is 16.4. The minimum atomic E-state index is -1.02. The number of aromatic nitrogens is 2. The summed E-state index contributed by atoms with van der Waals surface area (Å²) in [4.78, 5) is 17.5.